The van der Waals surface area contributed by atoms with Crippen LogP contribution in [-0.2, 0) is 0 Å². The van der Waals surface area contributed by atoms with Crippen LogP contribution in [-0.4, -0.2) is 48.4 Å². The topological polar surface area (TPSA) is 4.44 Å². The molecule has 0 aliphatic heterocycles. The molecule has 2 radical (unpaired) electrons. The Labute approximate surface area is 65.7 Å². The zero-order valence-corrected chi connectivity index (χ0v) is 10.8. The van der Waals surface area contributed by atoms with Crippen molar-refractivity contribution in [2.45, 2.75) is 0 Å². The molecular formula is C3H12ClNPb. The van der Waals surface area contributed by atoms with Crippen molar-refractivity contribution in [3.8, 4) is 0 Å². The Morgan fingerprint density at radius 2 is 1.00 bits per heavy atom. The van der Waals surface area contributed by atoms with E-state index in [2.05, 4.69) is 21.1 Å². The van der Waals surface area contributed by atoms with Gasteiger partial charge >= 0.3 is 27.3 Å². The van der Waals surface area contributed by atoms with E-state index in [1.807, 2.05) is 0 Å². The van der Waals surface area contributed by atoms with E-state index >= 15 is 0 Å². The molecule has 0 unspecified atom stereocenters. The van der Waals surface area contributed by atoms with Gasteiger partial charge < -0.3 is 17.3 Å². The number of nitrogens with one attached hydrogen (secondary N) is 1. The van der Waals surface area contributed by atoms with Gasteiger partial charge in [0.1, 0.15) is 0 Å². The van der Waals surface area contributed by atoms with E-state index in [-0.39, 0.29) is 39.7 Å². The summed E-state index contributed by atoms with van der Waals surface area (Å²) in [6.45, 7) is 0. The van der Waals surface area contributed by atoms with Gasteiger partial charge in [0, 0.05) is 0 Å². The molecule has 6 heavy (non-hydrogen) atoms. The van der Waals surface area contributed by atoms with Crippen molar-refractivity contribution in [3.05, 3.63) is 0 Å². The molecule has 0 aromatic heterocycles. The van der Waals surface area contributed by atoms with Crippen LogP contribution in [0.15, 0.2) is 0 Å². The Morgan fingerprint density at radius 1 is 1.00 bits per heavy atom. The maximum atomic E-state index is 2.08. The van der Waals surface area contributed by atoms with Crippen LogP contribution in [0, 0.1) is 0 Å². The number of rotatable bonds is 0. The van der Waals surface area contributed by atoms with E-state index in [0.717, 1.165) is 0 Å². The molecular weight excluding hydrogens is 293 g/mol. The van der Waals surface area contributed by atoms with E-state index in [1.165, 1.54) is 4.90 Å². The minimum atomic E-state index is 0. The van der Waals surface area contributed by atoms with Gasteiger partial charge in [-0.25, -0.2) is 0 Å². The SMILES string of the molecule is C[NH+](C)C.[Cl-].[PbH2]. The second-order valence-corrected chi connectivity index (χ2v) is 1.50. The molecule has 0 fully saturated rings. The van der Waals surface area contributed by atoms with Crippen LogP contribution >= 0.6 is 0 Å². The Kier molecular flexibility index (Phi) is 24.8. The van der Waals surface area contributed by atoms with Gasteiger partial charge in [-0.3, -0.25) is 0 Å². The third-order valence-electron chi connectivity index (χ3n) is 0. The number of hydrogen-bond acceptors (Lipinski definition) is 0. The third-order valence-corrected chi connectivity index (χ3v) is 0. The van der Waals surface area contributed by atoms with E-state index in [9.17, 15) is 0 Å². The molecule has 3 heteroatoms. The summed E-state index contributed by atoms with van der Waals surface area (Å²) in [5.41, 5.74) is 0. The molecule has 0 aliphatic rings. The number of hydrogen-bond donors (Lipinski definition) is 1. The summed E-state index contributed by atoms with van der Waals surface area (Å²) in [4.78, 5) is 1.42. The summed E-state index contributed by atoms with van der Waals surface area (Å²) in [5, 5.41) is 0. The molecule has 0 bridgehead atoms. The minimum absolute atomic E-state index is 0. The average Bonchev–Trinajstić information content (AvgIpc) is 0.811. The van der Waals surface area contributed by atoms with Crippen molar-refractivity contribution in [1.29, 1.82) is 0 Å². The van der Waals surface area contributed by atoms with Gasteiger partial charge in [0.15, 0.2) is 0 Å². The average molecular weight is 305 g/mol. The molecule has 0 rings (SSSR count). The van der Waals surface area contributed by atoms with Crippen molar-refractivity contribution in [2.75, 3.05) is 21.1 Å². The Balaban J connectivity index is -0.0000000450. The van der Waals surface area contributed by atoms with Crippen molar-refractivity contribution in [3.63, 3.8) is 0 Å². The number of quaternary nitrogens is 1. The van der Waals surface area contributed by atoms with Crippen LogP contribution in [0.5, 0.6) is 0 Å². The first-order chi connectivity index (χ1) is 1.73. The zero-order valence-electron chi connectivity index (χ0n) is 4.59. The predicted molar refractivity (Wildman–Crippen MR) is 27.3 cm³/mol. The van der Waals surface area contributed by atoms with Crippen LogP contribution in [0.3, 0.4) is 0 Å². The Morgan fingerprint density at radius 3 is 1.00 bits per heavy atom. The van der Waals surface area contributed by atoms with Crippen molar-refractivity contribution in [2.24, 2.45) is 0 Å². The Bertz CT molecular complexity index is 15.5. The molecule has 0 aromatic rings. The second kappa shape index (κ2) is 9.49. The van der Waals surface area contributed by atoms with E-state index in [4.69, 9.17) is 0 Å². The molecule has 0 aromatic carbocycles. The van der Waals surface area contributed by atoms with E-state index in [1.54, 1.807) is 0 Å². The quantitative estimate of drug-likeness (QED) is 0.427. The number of halogens is 1. The van der Waals surface area contributed by atoms with Gasteiger partial charge in [0.05, 0.1) is 21.1 Å². The molecule has 0 saturated heterocycles. The first-order valence-corrected chi connectivity index (χ1v) is 1.50. The third kappa shape index (κ3) is 65.5. The van der Waals surface area contributed by atoms with Crippen molar-refractivity contribution < 1.29 is 17.3 Å². The van der Waals surface area contributed by atoms with Gasteiger partial charge in [-0.2, -0.15) is 0 Å². The fourth-order valence-corrected chi connectivity index (χ4v) is 0. The van der Waals surface area contributed by atoms with Gasteiger partial charge in [0.25, 0.3) is 0 Å². The predicted octanol–water partition coefficient (Wildman–Crippen LogP) is -5.15. The summed E-state index contributed by atoms with van der Waals surface area (Å²) >= 11 is 0. The van der Waals surface area contributed by atoms with Crippen molar-refractivity contribution >= 4 is 27.3 Å². The van der Waals surface area contributed by atoms with Crippen LogP contribution < -0.4 is 17.3 Å². The zero-order chi connectivity index (χ0) is 3.58. The standard InChI is InChI=1S/C3H9N.ClH.Pb.2H/c1-4(2)3;;;;/h1-3H3;1H;;;. The Hall–Kier alpha value is 1.17. The van der Waals surface area contributed by atoms with Gasteiger partial charge in [-0.05, 0) is 0 Å². The summed E-state index contributed by atoms with van der Waals surface area (Å²) < 4.78 is 0. The fourth-order valence-electron chi connectivity index (χ4n) is 0. The molecule has 0 spiro atoms. The normalized spacial score (nSPS) is 6.00. The van der Waals surface area contributed by atoms with Crippen molar-refractivity contribution in [1.82, 2.24) is 0 Å². The first kappa shape index (κ1) is 15.7. The van der Waals surface area contributed by atoms with Gasteiger partial charge in [0.2, 0.25) is 0 Å². The second-order valence-electron chi connectivity index (χ2n) is 1.50. The molecule has 1 N–H and O–H groups in total. The monoisotopic (exact) mass is 305 g/mol. The van der Waals surface area contributed by atoms with Crippen LogP contribution in [0.4, 0.5) is 0 Å². The van der Waals surface area contributed by atoms with Crippen LogP contribution in [0.25, 0.3) is 0 Å². The summed E-state index contributed by atoms with van der Waals surface area (Å²) in [7, 11) is 6.25. The maximum absolute atomic E-state index is 2.08. The molecule has 40 valence electrons. The molecule has 0 atom stereocenters. The molecule has 0 saturated carbocycles. The first-order valence-electron chi connectivity index (χ1n) is 1.50. The fraction of sp³-hybridized carbons (Fsp3) is 1.00. The van der Waals surface area contributed by atoms with E-state index in [0.29, 0.717) is 0 Å². The molecule has 0 amide bonds. The molecule has 0 heterocycles. The van der Waals surface area contributed by atoms with Crippen LogP contribution in [0.1, 0.15) is 0 Å². The van der Waals surface area contributed by atoms with Gasteiger partial charge in [-0.15, -0.1) is 0 Å². The van der Waals surface area contributed by atoms with Crippen LogP contribution in [0.2, 0.25) is 0 Å². The summed E-state index contributed by atoms with van der Waals surface area (Å²) in [6, 6.07) is 0. The summed E-state index contributed by atoms with van der Waals surface area (Å²) in [5.74, 6) is 0. The summed E-state index contributed by atoms with van der Waals surface area (Å²) in [6.07, 6.45) is 0. The molecule has 0 aliphatic carbocycles. The van der Waals surface area contributed by atoms with E-state index < -0.39 is 0 Å². The van der Waals surface area contributed by atoms with Gasteiger partial charge in [-0.1, -0.05) is 0 Å². The molecule has 1 nitrogen and oxygen atoms in total.